The van der Waals surface area contributed by atoms with Crippen molar-refractivity contribution in [2.75, 3.05) is 18.0 Å². The molecule has 0 aliphatic rings. The van der Waals surface area contributed by atoms with E-state index in [1.54, 1.807) is 61.7 Å². The molecule has 0 fully saturated rings. The monoisotopic (exact) mass is 565 g/mol. The standard InChI is InChI=1S/C31H39N3O5S/c1-7-28(30(36)32-31(3,4)5)33(21-24-15-17-26(39-6)18-16-24)29(35)22-34(25-11-9-8-10-12-25)40(37,38)27-19-13-23(2)14-20-27/h8-20,28H,7,21-22H2,1-6H3,(H,32,36)/t28-/m0/s1. The molecule has 0 bridgehead atoms. The van der Waals surface area contributed by atoms with E-state index in [-0.39, 0.29) is 17.3 Å². The molecule has 0 aliphatic heterocycles. The van der Waals surface area contributed by atoms with E-state index in [0.29, 0.717) is 17.9 Å². The number of methoxy groups -OCH3 is 1. The van der Waals surface area contributed by atoms with Gasteiger partial charge in [-0.3, -0.25) is 13.9 Å². The predicted molar refractivity (Wildman–Crippen MR) is 158 cm³/mol. The third-order valence-corrected chi connectivity index (χ3v) is 8.12. The van der Waals surface area contributed by atoms with Gasteiger partial charge in [0.1, 0.15) is 18.3 Å². The molecule has 9 heteroatoms. The molecule has 0 unspecified atom stereocenters. The Morgan fingerprint density at radius 3 is 2.05 bits per heavy atom. The van der Waals surface area contributed by atoms with Crippen molar-refractivity contribution in [2.24, 2.45) is 0 Å². The van der Waals surface area contributed by atoms with Gasteiger partial charge in [0.05, 0.1) is 17.7 Å². The van der Waals surface area contributed by atoms with E-state index in [2.05, 4.69) is 5.32 Å². The van der Waals surface area contributed by atoms with Gasteiger partial charge in [-0.2, -0.15) is 0 Å². The van der Waals surface area contributed by atoms with Crippen LogP contribution >= 0.6 is 0 Å². The lowest BCUT2D eigenvalue weighted by Crippen LogP contribution is -2.55. The fourth-order valence-corrected chi connectivity index (χ4v) is 5.67. The van der Waals surface area contributed by atoms with E-state index >= 15 is 0 Å². The number of benzene rings is 3. The minimum absolute atomic E-state index is 0.0778. The number of aryl methyl sites for hydroxylation is 1. The number of rotatable bonds is 11. The third-order valence-electron chi connectivity index (χ3n) is 6.33. The topological polar surface area (TPSA) is 96.0 Å². The van der Waals surface area contributed by atoms with Gasteiger partial charge in [-0.05, 0) is 76.1 Å². The number of ether oxygens (including phenoxy) is 1. The first kappa shape index (κ1) is 30.7. The average Bonchev–Trinajstić information content (AvgIpc) is 2.91. The van der Waals surface area contributed by atoms with E-state index in [0.717, 1.165) is 15.4 Å². The van der Waals surface area contributed by atoms with Crippen LogP contribution in [0.5, 0.6) is 5.75 Å². The highest BCUT2D eigenvalue weighted by Gasteiger charge is 2.34. The van der Waals surface area contributed by atoms with Crippen molar-refractivity contribution < 1.29 is 22.7 Å². The number of carbonyl (C=O) groups is 2. The summed E-state index contributed by atoms with van der Waals surface area (Å²) in [5, 5.41) is 2.97. The van der Waals surface area contributed by atoms with Crippen molar-refractivity contribution in [3.63, 3.8) is 0 Å². The number of hydrogen-bond acceptors (Lipinski definition) is 5. The van der Waals surface area contributed by atoms with Crippen LogP contribution < -0.4 is 14.4 Å². The van der Waals surface area contributed by atoms with E-state index in [1.165, 1.54) is 17.0 Å². The van der Waals surface area contributed by atoms with Crippen LogP contribution in [-0.2, 0) is 26.2 Å². The van der Waals surface area contributed by atoms with E-state index < -0.39 is 34.1 Å². The minimum Gasteiger partial charge on any atom is -0.497 e. The van der Waals surface area contributed by atoms with Crippen LogP contribution in [0.2, 0.25) is 0 Å². The zero-order chi connectivity index (χ0) is 29.5. The Labute approximate surface area is 238 Å². The SMILES string of the molecule is CC[C@@H](C(=O)NC(C)(C)C)N(Cc1ccc(OC)cc1)C(=O)CN(c1ccccc1)S(=O)(=O)c1ccc(C)cc1. The van der Waals surface area contributed by atoms with Crippen LogP contribution in [0.15, 0.2) is 83.8 Å². The number of carbonyl (C=O) groups excluding carboxylic acids is 2. The highest BCUT2D eigenvalue weighted by atomic mass is 32.2. The first-order chi connectivity index (χ1) is 18.9. The summed E-state index contributed by atoms with van der Waals surface area (Å²) in [7, 11) is -2.52. The third kappa shape index (κ3) is 7.85. The molecule has 214 valence electrons. The average molecular weight is 566 g/mol. The Bertz CT molecular complexity index is 1380. The van der Waals surface area contributed by atoms with Crippen molar-refractivity contribution in [2.45, 2.75) is 64.1 Å². The highest BCUT2D eigenvalue weighted by molar-refractivity contribution is 7.92. The van der Waals surface area contributed by atoms with Crippen LogP contribution in [0.4, 0.5) is 5.69 Å². The maximum atomic E-state index is 14.1. The first-order valence-corrected chi connectivity index (χ1v) is 14.7. The van der Waals surface area contributed by atoms with Gasteiger partial charge in [0.15, 0.2) is 0 Å². The Balaban J connectivity index is 2.04. The summed E-state index contributed by atoms with van der Waals surface area (Å²) in [5.74, 6) is -0.130. The fraction of sp³-hybridized carbons (Fsp3) is 0.355. The largest absolute Gasteiger partial charge is 0.497 e. The molecule has 1 atom stereocenters. The molecule has 1 N–H and O–H groups in total. The molecule has 40 heavy (non-hydrogen) atoms. The maximum Gasteiger partial charge on any atom is 0.264 e. The predicted octanol–water partition coefficient (Wildman–Crippen LogP) is 4.92. The molecule has 0 heterocycles. The van der Waals surface area contributed by atoms with Crippen LogP contribution in [-0.4, -0.2) is 50.4 Å². The van der Waals surface area contributed by atoms with Crippen molar-refractivity contribution in [1.29, 1.82) is 0 Å². The number of hydrogen-bond donors (Lipinski definition) is 1. The fourth-order valence-electron chi connectivity index (χ4n) is 4.26. The molecule has 0 spiro atoms. The number of sulfonamides is 1. The first-order valence-electron chi connectivity index (χ1n) is 13.2. The zero-order valence-electron chi connectivity index (χ0n) is 24.0. The van der Waals surface area contributed by atoms with Gasteiger partial charge in [-0.25, -0.2) is 8.42 Å². The van der Waals surface area contributed by atoms with Crippen molar-refractivity contribution in [3.8, 4) is 5.75 Å². The summed E-state index contributed by atoms with van der Waals surface area (Å²) in [6, 6.07) is 21.4. The van der Waals surface area contributed by atoms with Crippen molar-refractivity contribution in [1.82, 2.24) is 10.2 Å². The van der Waals surface area contributed by atoms with Crippen molar-refractivity contribution >= 4 is 27.5 Å². The molecule has 0 radical (unpaired) electrons. The van der Waals surface area contributed by atoms with Gasteiger partial charge in [0, 0.05) is 12.1 Å². The van der Waals surface area contributed by atoms with Gasteiger partial charge in [-0.1, -0.05) is 55.0 Å². The van der Waals surface area contributed by atoms with E-state index in [4.69, 9.17) is 4.74 Å². The Hall–Kier alpha value is -3.85. The molecule has 0 aliphatic carbocycles. The number of nitrogens with zero attached hydrogens (tertiary/aromatic N) is 2. The molecule has 3 aromatic carbocycles. The van der Waals surface area contributed by atoms with Crippen LogP contribution in [0.3, 0.4) is 0 Å². The molecule has 3 rings (SSSR count). The van der Waals surface area contributed by atoms with Crippen molar-refractivity contribution in [3.05, 3.63) is 90.0 Å². The van der Waals surface area contributed by atoms with Gasteiger partial charge in [-0.15, -0.1) is 0 Å². The quantitative estimate of drug-likeness (QED) is 0.356. The minimum atomic E-state index is -4.09. The van der Waals surface area contributed by atoms with Crippen LogP contribution in [0, 0.1) is 6.92 Å². The van der Waals surface area contributed by atoms with Gasteiger partial charge < -0.3 is 15.0 Å². The number of para-hydroxylation sites is 1. The molecule has 0 saturated carbocycles. The summed E-state index contributed by atoms with van der Waals surface area (Å²) in [6.07, 6.45) is 0.347. The molecule has 0 aromatic heterocycles. The second kappa shape index (κ2) is 13.0. The smallest absolute Gasteiger partial charge is 0.264 e. The Kier molecular flexibility index (Phi) is 9.98. The summed E-state index contributed by atoms with van der Waals surface area (Å²) in [5.41, 5.74) is 1.55. The maximum absolute atomic E-state index is 14.1. The number of amides is 2. The Morgan fingerprint density at radius 2 is 1.52 bits per heavy atom. The Morgan fingerprint density at radius 1 is 0.925 bits per heavy atom. The molecular weight excluding hydrogens is 526 g/mol. The van der Waals surface area contributed by atoms with Crippen LogP contribution in [0.1, 0.15) is 45.2 Å². The molecular formula is C31H39N3O5S. The summed E-state index contributed by atoms with van der Waals surface area (Å²) in [6.45, 7) is 8.97. The van der Waals surface area contributed by atoms with Gasteiger partial charge in [0.2, 0.25) is 11.8 Å². The van der Waals surface area contributed by atoms with Gasteiger partial charge in [0.25, 0.3) is 10.0 Å². The molecule has 2 amide bonds. The summed E-state index contributed by atoms with van der Waals surface area (Å²) in [4.78, 5) is 29.0. The lowest BCUT2D eigenvalue weighted by Gasteiger charge is -2.34. The molecule has 3 aromatic rings. The number of anilines is 1. The second-order valence-electron chi connectivity index (χ2n) is 10.7. The van der Waals surface area contributed by atoms with Crippen LogP contribution in [0.25, 0.3) is 0 Å². The zero-order valence-corrected chi connectivity index (χ0v) is 24.9. The lowest BCUT2D eigenvalue weighted by molar-refractivity contribution is -0.141. The number of nitrogens with one attached hydrogen (secondary N) is 1. The molecule has 8 nitrogen and oxygen atoms in total. The highest BCUT2D eigenvalue weighted by Crippen LogP contribution is 2.25. The second-order valence-corrected chi connectivity index (χ2v) is 12.6. The summed E-state index contributed by atoms with van der Waals surface area (Å²) >= 11 is 0. The summed E-state index contributed by atoms with van der Waals surface area (Å²) < 4.78 is 34.1. The van der Waals surface area contributed by atoms with Gasteiger partial charge >= 0.3 is 0 Å². The lowest BCUT2D eigenvalue weighted by atomic mass is 10.1. The molecule has 0 saturated heterocycles. The van der Waals surface area contributed by atoms with E-state index in [9.17, 15) is 18.0 Å². The van der Waals surface area contributed by atoms with E-state index in [1.807, 2.05) is 46.8 Å². The normalized spacial score (nSPS) is 12.3.